The Morgan fingerprint density at radius 3 is 2.48 bits per heavy atom. The maximum Gasteiger partial charge on any atom is 0.296 e. The highest BCUT2D eigenvalue weighted by Crippen LogP contribution is 2.68. The van der Waals surface area contributed by atoms with Crippen LogP contribution >= 0.6 is 0 Å². The van der Waals surface area contributed by atoms with Crippen LogP contribution < -0.4 is 0 Å². The van der Waals surface area contributed by atoms with Gasteiger partial charge in [-0.15, -0.1) is 0 Å². The first-order chi connectivity index (χ1) is 16.1. The van der Waals surface area contributed by atoms with Gasteiger partial charge in [-0.05, 0) is 117 Å². The average Bonchev–Trinajstić information content (AvgIpc) is 3.15. The molecule has 0 saturated heterocycles. The molecule has 0 N–H and O–H groups in total. The monoisotopic (exact) mass is 473 g/mol. The summed E-state index contributed by atoms with van der Waals surface area (Å²) in [6.07, 6.45) is 11.4. The zero-order valence-electron chi connectivity index (χ0n) is 22.1. The summed E-state index contributed by atoms with van der Waals surface area (Å²) < 4.78 is 40.3. The van der Waals surface area contributed by atoms with Crippen molar-refractivity contribution in [3.05, 3.63) is 29.8 Å². The quantitative estimate of drug-likeness (QED) is 0.419. The first-order valence-corrected chi connectivity index (χ1v) is 14.9. The second kappa shape index (κ2) is 8.66. The lowest BCUT2D eigenvalue weighted by molar-refractivity contribution is -0.115. The van der Waals surface area contributed by atoms with E-state index >= 15 is 0 Å². The van der Waals surface area contributed by atoms with Gasteiger partial charge in [-0.3, -0.25) is 4.18 Å². The van der Waals surface area contributed by atoms with Crippen molar-refractivity contribution in [2.24, 2.45) is 46.3 Å². The molecule has 3 nitrogen and oxygen atoms in total. The van der Waals surface area contributed by atoms with Gasteiger partial charge in [0.1, 0.15) is 0 Å². The molecular formula is C29H44O3S. The highest BCUT2D eigenvalue weighted by molar-refractivity contribution is 7.86. The lowest BCUT2D eigenvalue weighted by Gasteiger charge is -2.60. The highest BCUT2D eigenvalue weighted by atomic mass is 32.2. The fourth-order valence-corrected chi connectivity index (χ4v) is 9.98. The van der Waals surface area contributed by atoms with Crippen LogP contribution in [0.15, 0.2) is 29.2 Å². The van der Waals surface area contributed by atoms with Gasteiger partial charge in [0.05, 0.1) is 11.5 Å². The minimum Gasteiger partial charge on any atom is -0.266 e. The number of benzene rings is 1. The molecule has 5 rings (SSSR count). The fraction of sp³-hybridized carbons (Fsp3) is 0.793. The highest BCUT2D eigenvalue weighted by Gasteiger charge is 2.60. The van der Waals surface area contributed by atoms with E-state index in [4.69, 9.17) is 4.18 Å². The third kappa shape index (κ3) is 4.01. The lowest BCUT2D eigenvalue weighted by Crippen LogP contribution is -2.53. The molecule has 4 fully saturated rings. The summed E-state index contributed by atoms with van der Waals surface area (Å²) in [5, 5.41) is 0. The van der Waals surface area contributed by atoms with Gasteiger partial charge >= 0.3 is 0 Å². The van der Waals surface area contributed by atoms with E-state index in [9.17, 15) is 9.79 Å². The van der Waals surface area contributed by atoms with Crippen molar-refractivity contribution in [1.82, 2.24) is 0 Å². The Hall–Kier alpha value is -0.870. The summed E-state index contributed by atoms with van der Waals surface area (Å²) in [6, 6.07) is 6.92. The van der Waals surface area contributed by atoms with Crippen molar-refractivity contribution in [3.8, 4) is 0 Å². The van der Waals surface area contributed by atoms with E-state index in [0.717, 1.165) is 24.3 Å². The molecule has 33 heavy (non-hydrogen) atoms. The van der Waals surface area contributed by atoms with E-state index in [0.29, 0.717) is 29.1 Å². The molecule has 0 amide bonds. The zero-order valence-corrected chi connectivity index (χ0v) is 21.9. The van der Waals surface area contributed by atoms with Crippen molar-refractivity contribution in [2.75, 3.05) is 6.61 Å². The predicted molar refractivity (Wildman–Crippen MR) is 133 cm³/mol. The predicted octanol–water partition coefficient (Wildman–Crippen LogP) is 7.39. The van der Waals surface area contributed by atoms with E-state index in [1.165, 1.54) is 44.9 Å². The first kappa shape index (κ1) is 22.6. The van der Waals surface area contributed by atoms with Crippen LogP contribution in [0.25, 0.3) is 0 Å². The molecule has 0 heterocycles. The van der Waals surface area contributed by atoms with Gasteiger partial charge in [-0.2, -0.15) is 8.42 Å². The normalized spacial score (nSPS) is 44.3. The minimum atomic E-state index is -3.73. The summed E-state index contributed by atoms with van der Waals surface area (Å²) in [6.45, 7) is 9.43. The third-order valence-corrected chi connectivity index (χ3v) is 12.2. The van der Waals surface area contributed by atoms with E-state index in [1.807, 2.05) is 19.1 Å². The molecule has 0 aromatic heterocycles. The van der Waals surface area contributed by atoms with Crippen molar-refractivity contribution in [1.29, 1.82) is 0 Å². The van der Waals surface area contributed by atoms with Gasteiger partial charge in [0.2, 0.25) is 0 Å². The Bertz CT molecular complexity index is 991. The number of aryl methyl sites for hydroxylation is 1. The molecule has 4 aliphatic carbocycles. The molecule has 1 aromatic carbocycles. The molecule has 9 atom stereocenters. The van der Waals surface area contributed by atoms with Gasteiger partial charge in [0, 0.05) is 1.37 Å². The van der Waals surface area contributed by atoms with Crippen molar-refractivity contribution >= 4 is 10.1 Å². The van der Waals surface area contributed by atoms with Gasteiger partial charge in [-0.25, -0.2) is 0 Å². The fourth-order valence-electron chi connectivity index (χ4n) is 8.98. The standard InChI is InChI=1S/C29H44O3S/c1-20-8-11-23(12-9-20)33(30,31)32-19-21(2)25-14-15-26-24-13-10-22-7-5-6-17-28(22,3)27(24)16-18-29(25,26)4/h8-9,11-12,21-22,24-27H,5-7,10,13-19H2,1-4H3/t21-,22?,24+,25-,26+,27+,28+,29-/m1/s1/i13D/t13-,21-,22?,24+,25-,26+,27+,28+,29-. The van der Waals surface area contributed by atoms with Crippen LogP contribution in [0.5, 0.6) is 0 Å². The molecule has 0 radical (unpaired) electrons. The Labute approximate surface area is 203 Å². The van der Waals surface area contributed by atoms with Crippen LogP contribution in [0.2, 0.25) is 0 Å². The number of rotatable bonds is 5. The largest absolute Gasteiger partial charge is 0.296 e. The number of hydrogen-bond donors (Lipinski definition) is 0. The molecule has 1 aromatic rings. The molecule has 184 valence electrons. The van der Waals surface area contributed by atoms with E-state index in [2.05, 4.69) is 20.8 Å². The maximum absolute atomic E-state index is 12.8. The van der Waals surface area contributed by atoms with Crippen molar-refractivity contribution in [2.45, 2.75) is 96.8 Å². The smallest absolute Gasteiger partial charge is 0.266 e. The van der Waals surface area contributed by atoms with Crippen molar-refractivity contribution in [3.63, 3.8) is 0 Å². The van der Waals surface area contributed by atoms with Gasteiger partial charge in [-0.1, -0.05) is 51.3 Å². The lowest BCUT2D eigenvalue weighted by atomic mass is 9.44. The van der Waals surface area contributed by atoms with Gasteiger partial charge < -0.3 is 0 Å². The summed E-state index contributed by atoms with van der Waals surface area (Å²) in [4.78, 5) is 0.246. The molecule has 0 aliphatic heterocycles. The molecule has 1 unspecified atom stereocenters. The Kier molecular flexibility index (Phi) is 5.93. The van der Waals surface area contributed by atoms with Crippen LogP contribution in [-0.2, 0) is 14.3 Å². The third-order valence-electron chi connectivity index (χ3n) is 10.9. The number of hydrogen-bond acceptors (Lipinski definition) is 3. The molecule has 0 spiro atoms. The SMILES string of the molecule is [2H][C@@H]1CC2CCCC[C@]2(C)[C@H]2CC[C@]3(C)[C@@H]([C@H](C)COS(=O)(=O)c4ccc(C)cc4)CC[C@H]3[C@H]12. The van der Waals surface area contributed by atoms with E-state index in [1.54, 1.807) is 12.1 Å². The molecule has 0 bridgehead atoms. The van der Waals surface area contributed by atoms with E-state index in [-0.39, 0.29) is 29.2 Å². The van der Waals surface area contributed by atoms with Crippen LogP contribution in [0.4, 0.5) is 0 Å². The average molecular weight is 474 g/mol. The minimum absolute atomic E-state index is 0.0815. The molecule has 4 saturated carbocycles. The summed E-state index contributed by atoms with van der Waals surface area (Å²) in [5.74, 6) is 3.25. The second-order valence-electron chi connectivity index (χ2n) is 12.5. The second-order valence-corrected chi connectivity index (χ2v) is 14.1. The van der Waals surface area contributed by atoms with Gasteiger partial charge in [0.15, 0.2) is 0 Å². The molecule has 4 aliphatic rings. The molecular weight excluding hydrogens is 428 g/mol. The number of fused-ring (bicyclic) bond motifs is 5. The van der Waals surface area contributed by atoms with Crippen LogP contribution in [0.1, 0.15) is 91.9 Å². The van der Waals surface area contributed by atoms with Crippen LogP contribution in [0.3, 0.4) is 0 Å². The summed E-state index contributed by atoms with van der Waals surface area (Å²) >= 11 is 0. The summed E-state index contributed by atoms with van der Waals surface area (Å²) in [5.41, 5.74) is 1.68. The first-order valence-electron chi connectivity index (χ1n) is 14.0. The van der Waals surface area contributed by atoms with E-state index < -0.39 is 10.1 Å². The Morgan fingerprint density at radius 2 is 1.73 bits per heavy atom. The van der Waals surface area contributed by atoms with Gasteiger partial charge in [0.25, 0.3) is 10.1 Å². The van der Waals surface area contributed by atoms with Crippen molar-refractivity contribution < 1.29 is 14.0 Å². The summed E-state index contributed by atoms with van der Waals surface area (Å²) in [7, 11) is -3.73. The Morgan fingerprint density at radius 1 is 1.00 bits per heavy atom. The molecule has 4 heteroatoms. The Balaban J connectivity index is 1.30. The zero-order chi connectivity index (χ0) is 24.3. The topological polar surface area (TPSA) is 43.4 Å². The maximum atomic E-state index is 12.8. The van der Waals surface area contributed by atoms with Crippen LogP contribution in [0, 0.1) is 53.3 Å². The van der Waals surface area contributed by atoms with Crippen LogP contribution in [-0.4, -0.2) is 15.0 Å².